The van der Waals surface area contributed by atoms with E-state index in [0.29, 0.717) is 18.1 Å². The molecule has 2 N–H and O–H groups in total. The fourth-order valence-electron chi connectivity index (χ4n) is 3.72. The summed E-state index contributed by atoms with van der Waals surface area (Å²) >= 11 is 0. The highest BCUT2D eigenvalue weighted by Gasteiger charge is 2.24. The first-order valence-electron chi connectivity index (χ1n) is 10.7. The summed E-state index contributed by atoms with van der Waals surface area (Å²) in [6.07, 6.45) is 6.28. The van der Waals surface area contributed by atoms with Gasteiger partial charge in [-0.15, -0.1) is 0 Å². The van der Waals surface area contributed by atoms with Gasteiger partial charge in [-0.25, -0.2) is 0 Å². The summed E-state index contributed by atoms with van der Waals surface area (Å²) in [5.74, 6) is 1.56. The van der Waals surface area contributed by atoms with Crippen LogP contribution in [0.1, 0.15) is 52.9 Å². The normalized spacial score (nSPS) is 22.9. The summed E-state index contributed by atoms with van der Waals surface area (Å²) in [5, 5.41) is 6.81. The molecular formula is C20H40N4O2. The second-order valence-electron chi connectivity index (χ2n) is 7.76. The number of hydrogen-bond donors (Lipinski definition) is 2. The molecule has 2 atom stereocenters. The molecule has 0 aromatic carbocycles. The Kier molecular flexibility index (Phi) is 10.3. The van der Waals surface area contributed by atoms with Crippen LogP contribution in [0, 0.1) is 5.92 Å². The van der Waals surface area contributed by atoms with Crippen LogP contribution in [-0.2, 0) is 9.47 Å². The highest BCUT2D eigenvalue weighted by atomic mass is 16.5. The van der Waals surface area contributed by atoms with Crippen LogP contribution in [0.15, 0.2) is 4.99 Å². The summed E-state index contributed by atoms with van der Waals surface area (Å²) in [4.78, 5) is 7.46. The minimum atomic E-state index is 0.320. The molecule has 0 radical (unpaired) electrons. The van der Waals surface area contributed by atoms with Crippen LogP contribution in [0.2, 0.25) is 0 Å². The SMILES string of the molecule is CCNC(=NCC(C(C)C)N1CCCC1)NCCCOCC1CCCO1. The second kappa shape index (κ2) is 12.5. The smallest absolute Gasteiger partial charge is 0.191 e. The molecular weight excluding hydrogens is 328 g/mol. The molecule has 0 amide bonds. The number of hydrogen-bond acceptors (Lipinski definition) is 4. The number of aliphatic imine (C=N–C) groups is 1. The molecule has 2 saturated heterocycles. The van der Waals surface area contributed by atoms with E-state index in [9.17, 15) is 0 Å². The van der Waals surface area contributed by atoms with Gasteiger partial charge >= 0.3 is 0 Å². The summed E-state index contributed by atoms with van der Waals surface area (Å²) < 4.78 is 11.3. The summed E-state index contributed by atoms with van der Waals surface area (Å²) in [6, 6.07) is 0.544. The van der Waals surface area contributed by atoms with Crippen molar-refractivity contribution in [2.24, 2.45) is 10.9 Å². The van der Waals surface area contributed by atoms with E-state index in [1.165, 1.54) is 32.4 Å². The standard InChI is InChI=1S/C20H40N4O2/c1-4-21-20(22-10-8-13-25-16-18-9-7-14-26-18)23-15-19(17(2)3)24-11-5-6-12-24/h17-19H,4-16H2,1-3H3,(H2,21,22,23). The van der Waals surface area contributed by atoms with E-state index in [1.807, 2.05) is 0 Å². The molecule has 0 aromatic rings. The number of ether oxygens (including phenoxy) is 2. The Labute approximate surface area is 160 Å². The van der Waals surface area contributed by atoms with Gasteiger partial charge in [-0.2, -0.15) is 0 Å². The van der Waals surface area contributed by atoms with Crippen molar-refractivity contribution in [3.05, 3.63) is 0 Å². The van der Waals surface area contributed by atoms with Gasteiger partial charge in [-0.05, 0) is 58.0 Å². The highest BCUT2D eigenvalue weighted by Crippen LogP contribution is 2.18. The number of nitrogens with zero attached hydrogens (tertiary/aromatic N) is 2. The van der Waals surface area contributed by atoms with E-state index in [2.05, 4.69) is 36.3 Å². The van der Waals surface area contributed by atoms with Gasteiger partial charge in [-0.1, -0.05) is 13.8 Å². The number of guanidine groups is 1. The molecule has 152 valence electrons. The van der Waals surface area contributed by atoms with Gasteiger partial charge in [0.2, 0.25) is 0 Å². The quantitative estimate of drug-likeness (QED) is 0.333. The van der Waals surface area contributed by atoms with Crippen molar-refractivity contribution in [3.63, 3.8) is 0 Å². The van der Waals surface area contributed by atoms with E-state index >= 15 is 0 Å². The molecule has 0 bridgehead atoms. The van der Waals surface area contributed by atoms with Crippen LogP contribution in [0.3, 0.4) is 0 Å². The first kappa shape index (κ1) is 21.5. The van der Waals surface area contributed by atoms with Gasteiger partial charge < -0.3 is 20.1 Å². The van der Waals surface area contributed by atoms with E-state index < -0.39 is 0 Å². The first-order valence-corrected chi connectivity index (χ1v) is 10.7. The van der Waals surface area contributed by atoms with E-state index in [4.69, 9.17) is 14.5 Å². The van der Waals surface area contributed by atoms with Gasteiger partial charge in [0.25, 0.3) is 0 Å². The van der Waals surface area contributed by atoms with Gasteiger partial charge in [0.1, 0.15) is 0 Å². The Balaban J connectivity index is 1.65. The van der Waals surface area contributed by atoms with Gasteiger partial charge in [-0.3, -0.25) is 9.89 Å². The summed E-state index contributed by atoms with van der Waals surface area (Å²) in [5.41, 5.74) is 0. The fourth-order valence-corrected chi connectivity index (χ4v) is 3.72. The molecule has 0 aliphatic carbocycles. The Morgan fingerprint density at radius 1 is 1.23 bits per heavy atom. The van der Waals surface area contributed by atoms with E-state index in [1.54, 1.807) is 0 Å². The molecule has 6 heteroatoms. The van der Waals surface area contributed by atoms with Crippen LogP contribution in [0.25, 0.3) is 0 Å². The van der Waals surface area contributed by atoms with E-state index in [0.717, 1.165) is 58.3 Å². The Hall–Kier alpha value is -0.850. The molecule has 2 aliphatic heterocycles. The Morgan fingerprint density at radius 3 is 2.69 bits per heavy atom. The maximum atomic E-state index is 5.72. The number of likely N-dealkylation sites (tertiary alicyclic amines) is 1. The third-order valence-electron chi connectivity index (χ3n) is 5.25. The average Bonchev–Trinajstić information content (AvgIpc) is 3.31. The lowest BCUT2D eigenvalue weighted by atomic mass is 10.0. The molecule has 0 spiro atoms. The van der Waals surface area contributed by atoms with Crippen LogP contribution in [0.5, 0.6) is 0 Å². The van der Waals surface area contributed by atoms with Gasteiger partial charge in [0.05, 0.1) is 19.3 Å². The number of rotatable bonds is 11. The highest BCUT2D eigenvalue weighted by molar-refractivity contribution is 5.79. The summed E-state index contributed by atoms with van der Waals surface area (Å²) in [6.45, 7) is 14.2. The zero-order valence-electron chi connectivity index (χ0n) is 17.1. The van der Waals surface area contributed by atoms with Gasteiger partial charge in [0, 0.05) is 32.3 Å². The molecule has 26 heavy (non-hydrogen) atoms. The Morgan fingerprint density at radius 2 is 2.04 bits per heavy atom. The molecule has 2 fully saturated rings. The van der Waals surface area contributed by atoms with Crippen LogP contribution in [-0.4, -0.2) is 75.5 Å². The maximum absolute atomic E-state index is 5.72. The van der Waals surface area contributed by atoms with Gasteiger partial charge in [0.15, 0.2) is 5.96 Å². The average molecular weight is 369 g/mol. The van der Waals surface area contributed by atoms with Crippen LogP contribution < -0.4 is 10.6 Å². The predicted molar refractivity (Wildman–Crippen MR) is 108 cm³/mol. The third kappa shape index (κ3) is 7.80. The monoisotopic (exact) mass is 368 g/mol. The van der Waals surface area contributed by atoms with Crippen molar-refractivity contribution in [2.75, 3.05) is 52.5 Å². The molecule has 2 aliphatic rings. The van der Waals surface area contributed by atoms with Crippen molar-refractivity contribution in [1.29, 1.82) is 0 Å². The first-order chi connectivity index (χ1) is 12.7. The fraction of sp³-hybridized carbons (Fsp3) is 0.950. The Bertz CT molecular complexity index is 391. The van der Waals surface area contributed by atoms with Crippen LogP contribution in [0.4, 0.5) is 0 Å². The van der Waals surface area contributed by atoms with Crippen molar-refractivity contribution in [1.82, 2.24) is 15.5 Å². The lowest BCUT2D eigenvalue weighted by Crippen LogP contribution is -2.42. The molecule has 0 aromatic heterocycles. The molecule has 2 unspecified atom stereocenters. The van der Waals surface area contributed by atoms with Crippen molar-refractivity contribution >= 4 is 5.96 Å². The third-order valence-corrected chi connectivity index (χ3v) is 5.25. The minimum Gasteiger partial charge on any atom is -0.379 e. The van der Waals surface area contributed by atoms with Crippen molar-refractivity contribution in [2.45, 2.75) is 65.0 Å². The predicted octanol–water partition coefficient (Wildman–Crippen LogP) is 2.25. The zero-order chi connectivity index (χ0) is 18.6. The largest absolute Gasteiger partial charge is 0.379 e. The van der Waals surface area contributed by atoms with Crippen molar-refractivity contribution < 1.29 is 9.47 Å². The zero-order valence-corrected chi connectivity index (χ0v) is 17.1. The lowest BCUT2D eigenvalue weighted by molar-refractivity contribution is 0.0168. The molecule has 2 heterocycles. The lowest BCUT2D eigenvalue weighted by Gasteiger charge is -2.29. The minimum absolute atomic E-state index is 0.320. The molecule has 0 saturated carbocycles. The van der Waals surface area contributed by atoms with E-state index in [-0.39, 0.29) is 0 Å². The summed E-state index contributed by atoms with van der Waals surface area (Å²) in [7, 11) is 0. The number of nitrogens with one attached hydrogen (secondary N) is 2. The topological polar surface area (TPSA) is 58.1 Å². The van der Waals surface area contributed by atoms with Crippen molar-refractivity contribution in [3.8, 4) is 0 Å². The molecule has 6 nitrogen and oxygen atoms in total. The maximum Gasteiger partial charge on any atom is 0.191 e. The molecule has 2 rings (SSSR count). The van der Waals surface area contributed by atoms with Crippen LogP contribution >= 0.6 is 0 Å². The second-order valence-corrected chi connectivity index (χ2v) is 7.76.